The Morgan fingerprint density at radius 2 is 2.00 bits per heavy atom. The molecule has 0 aromatic heterocycles. The molecule has 4 heteroatoms. The molecule has 0 aliphatic heterocycles. The normalized spacial score (nSPS) is 12.2. The van der Waals surface area contributed by atoms with Gasteiger partial charge in [0.15, 0.2) is 0 Å². The Balaban J connectivity index is 2.18. The molecule has 0 unspecified atom stereocenters. The lowest BCUT2D eigenvalue weighted by molar-refractivity contribution is 0.190. The number of hydrogen-bond donors (Lipinski definition) is 1. The SMILES string of the molecule is C[C@@H](O)c1cc(Br)ccc1OCc1ccccc1Cl. The maximum absolute atomic E-state index is 9.75. The van der Waals surface area contributed by atoms with Gasteiger partial charge >= 0.3 is 0 Å². The van der Waals surface area contributed by atoms with Gasteiger partial charge in [-0.15, -0.1) is 0 Å². The quantitative estimate of drug-likeness (QED) is 0.870. The predicted molar refractivity (Wildman–Crippen MR) is 80.6 cm³/mol. The van der Waals surface area contributed by atoms with Crippen LogP contribution in [0.15, 0.2) is 46.9 Å². The molecule has 0 heterocycles. The number of aliphatic hydroxyl groups is 1. The van der Waals surface area contributed by atoms with Crippen molar-refractivity contribution in [3.05, 3.63) is 63.1 Å². The third-order valence-electron chi connectivity index (χ3n) is 2.76. The lowest BCUT2D eigenvalue weighted by atomic mass is 10.1. The van der Waals surface area contributed by atoms with Crippen molar-refractivity contribution in [3.8, 4) is 5.75 Å². The Morgan fingerprint density at radius 3 is 2.68 bits per heavy atom. The minimum atomic E-state index is -0.584. The molecule has 0 amide bonds. The van der Waals surface area contributed by atoms with E-state index in [1.165, 1.54) is 0 Å². The van der Waals surface area contributed by atoms with Gasteiger partial charge in [-0.1, -0.05) is 45.7 Å². The third-order valence-corrected chi connectivity index (χ3v) is 3.62. The van der Waals surface area contributed by atoms with Crippen LogP contribution in [-0.2, 0) is 6.61 Å². The molecule has 1 atom stereocenters. The first-order chi connectivity index (χ1) is 9.08. The Kier molecular flexibility index (Phi) is 4.86. The molecule has 100 valence electrons. The molecular formula is C15H14BrClO2. The zero-order valence-electron chi connectivity index (χ0n) is 10.4. The minimum absolute atomic E-state index is 0.376. The molecule has 2 aromatic carbocycles. The van der Waals surface area contributed by atoms with Crippen LogP contribution in [0.3, 0.4) is 0 Å². The Bertz CT molecular complexity index is 570. The zero-order chi connectivity index (χ0) is 13.8. The van der Waals surface area contributed by atoms with E-state index in [9.17, 15) is 5.11 Å². The lowest BCUT2D eigenvalue weighted by Crippen LogP contribution is -2.01. The molecule has 0 aliphatic rings. The molecule has 2 rings (SSSR count). The van der Waals surface area contributed by atoms with E-state index in [1.54, 1.807) is 6.92 Å². The van der Waals surface area contributed by atoms with E-state index in [1.807, 2.05) is 42.5 Å². The van der Waals surface area contributed by atoms with Crippen LogP contribution < -0.4 is 4.74 Å². The van der Waals surface area contributed by atoms with Crippen molar-refractivity contribution in [2.24, 2.45) is 0 Å². The molecule has 19 heavy (non-hydrogen) atoms. The molecule has 2 aromatic rings. The summed E-state index contributed by atoms with van der Waals surface area (Å²) in [5.74, 6) is 0.665. The van der Waals surface area contributed by atoms with Gasteiger partial charge in [0.05, 0.1) is 6.10 Å². The number of aliphatic hydroxyl groups excluding tert-OH is 1. The molecule has 0 aliphatic carbocycles. The van der Waals surface area contributed by atoms with Crippen molar-refractivity contribution < 1.29 is 9.84 Å². The molecule has 0 spiro atoms. The van der Waals surface area contributed by atoms with E-state index in [4.69, 9.17) is 16.3 Å². The third kappa shape index (κ3) is 3.72. The summed E-state index contributed by atoms with van der Waals surface area (Å²) in [4.78, 5) is 0. The van der Waals surface area contributed by atoms with E-state index in [0.717, 1.165) is 15.6 Å². The van der Waals surface area contributed by atoms with Gasteiger partial charge in [0.1, 0.15) is 12.4 Å². The summed E-state index contributed by atoms with van der Waals surface area (Å²) in [5, 5.41) is 10.4. The minimum Gasteiger partial charge on any atom is -0.488 e. The molecular weight excluding hydrogens is 328 g/mol. The maximum atomic E-state index is 9.75. The Hall–Kier alpha value is -1.03. The summed E-state index contributed by atoms with van der Waals surface area (Å²) < 4.78 is 6.67. The first-order valence-corrected chi connectivity index (χ1v) is 7.08. The van der Waals surface area contributed by atoms with Gasteiger partial charge in [0, 0.05) is 20.6 Å². The van der Waals surface area contributed by atoms with Crippen LogP contribution in [0.25, 0.3) is 0 Å². The van der Waals surface area contributed by atoms with Gasteiger partial charge in [0.2, 0.25) is 0 Å². The summed E-state index contributed by atoms with van der Waals surface area (Å²) in [6, 6.07) is 13.1. The van der Waals surface area contributed by atoms with Crippen molar-refractivity contribution >= 4 is 27.5 Å². The fourth-order valence-corrected chi connectivity index (χ4v) is 2.32. The first-order valence-electron chi connectivity index (χ1n) is 5.91. The summed E-state index contributed by atoms with van der Waals surface area (Å²) in [7, 11) is 0. The van der Waals surface area contributed by atoms with E-state index < -0.39 is 6.10 Å². The summed E-state index contributed by atoms with van der Waals surface area (Å²) in [5.41, 5.74) is 1.67. The maximum Gasteiger partial charge on any atom is 0.125 e. The Labute approximate surface area is 126 Å². The van der Waals surface area contributed by atoms with Crippen molar-refractivity contribution in [2.45, 2.75) is 19.6 Å². The first kappa shape index (κ1) is 14.4. The van der Waals surface area contributed by atoms with Crippen molar-refractivity contribution in [3.63, 3.8) is 0 Å². The zero-order valence-corrected chi connectivity index (χ0v) is 12.8. The number of halogens is 2. The fourth-order valence-electron chi connectivity index (χ4n) is 1.75. The number of ether oxygens (including phenoxy) is 1. The average molecular weight is 342 g/mol. The van der Waals surface area contributed by atoms with E-state index in [2.05, 4.69) is 15.9 Å². The highest BCUT2D eigenvalue weighted by molar-refractivity contribution is 9.10. The monoisotopic (exact) mass is 340 g/mol. The van der Waals surface area contributed by atoms with Crippen molar-refractivity contribution in [2.75, 3.05) is 0 Å². The Morgan fingerprint density at radius 1 is 1.26 bits per heavy atom. The van der Waals surface area contributed by atoms with Gasteiger partial charge in [-0.25, -0.2) is 0 Å². The van der Waals surface area contributed by atoms with Crippen molar-refractivity contribution in [1.82, 2.24) is 0 Å². The predicted octanol–water partition coefficient (Wildman–Crippen LogP) is 4.73. The highest BCUT2D eigenvalue weighted by atomic mass is 79.9. The second-order valence-electron chi connectivity index (χ2n) is 4.24. The van der Waals surface area contributed by atoms with Gasteiger partial charge in [-0.2, -0.15) is 0 Å². The molecule has 0 radical (unpaired) electrons. The van der Waals surface area contributed by atoms with Crippen LogP contribution >= 0.6 is 27.5 Å². The van der Waals surface area contributed by atoms with E-state index in [0.29, 0.717) is 17.4 Å². The highest BCUT2D eigenvalue weighted by Gasteiger charge is 2.10. The molecule has 2 nitrogen and oxygen atoms in total. The van der Waals surface area contributed by atoms with Crippen LogP contribution in [0, 0.1) is 0 Å². The van der Waals surface area contributed by atoms with Crippen LogP contribution in [0.2, 0.25) is 5.02 Å². The summed E-state index contributed by atoms with van der Waals surface area (Å²) >= 11 is 9.47. The lowest BCUT2D eigenvalue weighted by Gasteiger charge is -2.14. The topological polar surface area (TPSA) is 29.5 Å². The van der Waals surface area contributed by atoms with E-state index in [-0.39, 0.29) is 0 Å². The molecule has 0 saturated carbocycles. The van der Waals surface area contributed by atoms with Crippen LogP contribution in [-0.4, -0.2) is 5.11 Å². The smallest absolute Gasteiger partial charge is 0.125 e. The fraction of sp³-hybridized carbons (Fsp3) is 0.200. The number of rotatable bonds is 4. The average Bonchev–Trinajstić information content (AvgIpc) is 2.38. The molecule has 0 saturated heterocycles. The van der Waals surface area contributed by atoms with Crippen LogP contribution in [0.1, 0.15) is 24.2 Å². The van der Waals surface area contributed by atoms with Crippen LogP contribution in [0.4, 0.5) is 0 Å². The van der Waals surface area contributed by atoms with Crippen LogP contribution in [0.5, 0.6) is 5.75 Å². The van der Waals surface area contributed by atoms with Gasteiger partial charge in [-0.3, -0.25) is 0 Å². The summed E-state index contributed by atoms with van der Waals surface area (Å²) in [6.45, 7) is 2.09. The standard InChI is InChI=1S/C15H14BrClO2/c1-10(18)13-8-12(16)6-7-15(13)19-9-11-4-2-3-5-14(11)17/h2-8,10,18H,9H2,1H3/t10-/m1/s1. The number of hydrogen-bond acceptors (Lipinski definition) is 2. The molecule has 0 fully saturated rings. The van der Waals surface area contributed by atoms with Gasteiger partial charge in [0.25, 0.3) is 0 Å². The molecule has 0 bridgehead atoms. The van der Waals surface area contributed by atoms with Crippen molar-refractivity contribution in [1.29, 1.82) is 0 Å². The summed E-state index contributed by atoms with van der Waals surface area (Å²) in [6.07, 6.45) is -0.584. The van der Waals surface area contributed by atoms with E-state index >= 15 is 0 Å². The second-order valence-corrected chi connectivity index (χ2v) is 5.56. The number of benzene rings is 2. The molecule has 1 N–H and O–H groups in total. The largest absolute Gasteiger partial charge is 0.488 e. The van der Waals surface area contributed by atoms with Gasteiger partial charge in [-0.05, 0) is 31.2 Å². The second kappa shape index (κ2) is 6.42. The highest BCUT2D eigenvalue weighted by Crippen LogP contribution is 2.29. The van der Waals surface area contributed by atoms with Gasteiger partial charge < -0.3 is 9.84 Å².